The first-order valence-corrected chi connectivity index (χ1v) is 6.75. The fraction of sp³-hybridized carbons (Fsp3) is 1.00. The van der Waals surface area contributed by atoms with E-state index in [0.717, 1.165) is 5.92 Å². The molecular formula is C14H32N2. The van der Waals surface area contributed by atoms with Gasteiger partial charge in [0, 0.05) is 12.1 Å². The second kappa shape index (κ2) is 8.08. The molecule has 0 N–H and O–H groups in total. The van der Waals surface area contributed by atoms with E-state index in [-0.39, 0.29) is 0 Å². The van der Waals surface area contributed by atoms with Crippen molar-refractivity contribution in [3.8, 4) is 0 Å². The number of hydrogen-bond donors (Lipinski definition) is 0. The largest absolute Gasteiger partial charge is 0.304 e. The van der Waals surface area contributed by atoms with Crippen molar-refractivity contribution in [2.24, 2.45) is 5.92 Å². The third-order valence-electron chi connectivity index (χ3n) is 3.59. The first kappa shape index (κ1) is 15.9. The first-order chi connectivity index (χ1) is 7.34. The summed E-state index contributed by atoms with van der Waals surface area (Å²) in [6, 6.07) is 1.35. The van der Waals surface area contributed by atoms with Gasteiger partial charge < -0.3 is 9.80 Å². The Morgan fingerprint density at radius 3 is 1.69 bits per heavy atom. The summed E-state index contributed by atoms with van der Waals surface area (Å²) in [5, 5.41) is 0. The molecule has 0 fully saturated rings. The standard InChI is InChI=1S/C14H32N2/c1-12(2)8-10-16(7)14(5)9-11-15(6)13(3)4/h12-14H,8-11H2,1-7H3. The van der Waals surface area contributed by atoms with Crippen LogP contribution in [0.1, 0.15) is 47.5 Å². The lowest BCUT2D eigenvalue weighted by Gasteiger charge is -2.28. The van der Waals surface area contributed by atoms with E-state index in [4.69, 9.17) is 0 Å². The monoisotopic (exact) mass is 228 g/mol. The maximum absolute atomic E-state index is 2.49. The molecule has 0 spiro atoms. The van der Waals surface area contributed by atoms with Gasteiger partial charge in [-0.15, -0.1) is 0 Å². The molecule has 0 radical (unpaired) electrons. The lowest BCUT2D eigenvalue weighted by Crippen LogP contribution is -2.35. The zero-order chi connectivity index (χ0) is 12.7. The molecule has 0 aromatic heterocycles. The molecule has 0 aliphatic carbocycles. The lowest BCUT2D eigenvalue weighted by atomic mass is 10.1. The summed E-state index contributed by atoms with van der Waals surface area (Å²) in [7, 11) is 4.47. The molecule has 0 saturated heterocycles. The molecule has 0 bridgehead atoms. The third-order valence-corrected chi connectivity index (χ3v) is 3.59. The van der Waals surface area contributed by atoms with Crippen LogP contribution in [0.4, 0.5) is 0 Å². The summed E-state index contributed by atoms with van der Waals surface area (Å²) in [5.74, 6) is 0.813. The van der Waals surface area contributed by atoms with E-state index in [1.54, 1.807) is 0 Å². The van der Waals surface area contributed by atoms with Crippen LogP contribution in [0.25, 0.3) is 0 Å². The molecule has 16 heavy (non-hydrogen) atoms. The number of hydrogen-bond acceptors (Lipinski definition) is 2. The summed E-state index contributed by atoms with van der Waals surface area (Å²) in [5.41, 5.74) is 0. The highest BCUT2D eigenvalue weighted by molar-refractivity contribution is 4.67. The molecule has 2 heteroatoms. The average molecular weight is 228 g/mol. The second-order valence-electron chi connectivity index (χ2n) is 5.88. The Morgan fingerprint density at radius 2 is 1.25 bits per heavy atom. The van der Waals surface area contributed by atoms with Crippen LogP contribution < -0.4 is 0 Å². The van der Waals surface area contributed by atoms with E-state index < -0.39 is 0 Å². The Labute approximate surface area is 103 Å². The van der Waals surface area contributed by atoms with Crippen molar-refractivity contribution in [2.75, 3.05) is 27.2 Å². The van der Waals surface area contributed by atoms with Gasteiger partial charge in [-0.2, -0.15) is 0 Å². The van der Waals surface area contributed by atoms with Gasteiger partial charge in [-0.1, -0.05) is 13.8 Å². The van der Waals surface area contributed by atoms with Gasteiger partial charge >= 0.3 is 0 Å². The van der Waals surface area contributed by atoms with Crippen LogP contribution in [0.3, 0.4) is 0 Å². The van der Waals surface area contributed by atoms with E-state index in [1.165, 1.54) is 25.9 Å². The smallest absolute Gasteiger partial charge is 0.00760 e. The molecule has 0 heterocycles. The van der Waals surface area contributed by atoms with Crippen LogP contribution in [0.15, 0.2) is 0 Å². The van der Waals surface area contributed by atoms with Gasteiger partial charge in [0.15, 0.2) is 0 Å². The highest BCUT2D eigenvalue weighted by Gasteiger charge is 2.11. The Hall–Kier alpha value is -0.0800. The van der Waals surface area contributed by atoms with E-state index in [2.05, 4.69) is 58.5 Å². The van der Waals surface area contributed by atoms with E-state index in [1.807, 2.05) is 0 Å². The van der Waals surface area contributed by atoms with E-state index in [0.29, 0.717) is 12.1 Å². The average Bonchev–Trinajstić information content (AvgIpc) is 2.21. The zero-order valence-corrected chi connectivity index (χ0v) is 12.5. The number of rotatable bonds is 8. The van der Waals surface area contributed by atoms with Gasteiger partial charge in [-0.25, -0.2) is 0 Å². The molecule has 0 aliphatic heterocycles. The zero-order valence-electron chi connectivity index (χ0n) is 12.5. The van der Waals surface area contributed by atoms with Crippen molar-refractivity contribution in [3.63, 3.8) is 0 Å². The predicted molar refractivity (Wildman–Crippen MR) is 73.9 cm³/mol. The van der Waals surface area contributed by atoms with Crippen molar-refractivity contribution in [2.45, 2.75) is 59.5 Å². The molecule has 1 unspecified atom stereocenters. The quantitative estimate of drug-likeness (QED) is 0.630. The minimum Gasteiger partial charge on any atom is -0.304 e. The Balaban J connectivity index is 3.74. The predicted octanol–water partition coefficient (Wildman–Crippen LogP) is 3.08. The Bertz CT molecular complexity index is 166. The van der Waals surface area contributed by atoms with Gasteiger partial charge in [0.05, 0.1) is 0 Å². The summed E-state index contributed by atoms with van der Waals surface area (Å²) in [6.45, 7) is 13.9. The van der Waals surface area contributed by atoms with Crippen LogP contribution in [0, 0.1) is 5.92 Å². The van der Waals surface area contributed by atoms with Gasteiger partial charge in [0.25, 0.3) is 0 Å². The van der Waals surface area contributed by atoms with Crippen molar-refractivity contribution in [1.82, 2.24) is 9.80 Å². The van der Waals surface area contributed by atoms with Gasteiger partial charge in [-0.3, -0.25) is 0 Å². The molecule has 0 aromatic carbocycles. The molecular weight excluding hydrogens is 196 g/mol. The highest BCUT2D eigenvalue weighted by atomic mass is 15.1. The second-order valence-corrected chi connectivity index (χ2v) is 5.88. The van der Waals surface area contributed by atoms with Gasteiger partial charge in [0.2, 0.25) is 0 Å². The van der Waals surface area contributed by atoms with Crippen LogP contribution >= 0.6 is 0 Å². The molecule has 2 nitrogen and oxygen atoms in total. The minimum absolute atomic E-state index is 0.660. The Morgan fingerprint density at radius 1 is 0.750 bits per heavy atom. The minimum atomic E-state index is 0.660. The molecule has 1 atom stereocenters. The van der Waals surface area contributed by atoms with Gasteiger partial charge in [-0.05, 0) is 66.7 Å². The maximum atomic E-state index is 2.49. The summed E-state index contributed by atoms with van der Waals surface area (Å²) in [4.78, 5) is 4.92. The van der Waals surface area contributed by atoms with Crippen molar-refractivity contribution >= 4 is 0 Å². The molecule has 98 valence electrons. The molecule has 0 saturated carbocycles. The SMILES string of the molecule is CC(C)CCN(C)C(C)CCN(C)C(C)C. The highest BCUT2D eigenvalue weighted by Crippen LogP contribution is 2.07. The Kier molecular flexibility index (Phi) is 8.04. The van der Waals surface area contributed by atoms with Crippen LogP contribution in [-0.2, 0) is 0 Å². The summed E-state index contributed by atoms with van der Waals surface area (Å²) >= 11 is 0. The summed E-state index contributed by atoms with van der Waals surface area (Å²) < 4.78 is 0. The maximum Gasteiger partial charge on any atom is 0.00760 e. The van der Waals surface area contributed by atoms with Crippen LogP contribution in [-0.4, -0.2) is 49.1 Å². The first-order valence-electron chi connectivity index (χ1n) is 6.75. The number of nitrogens with zero attached hydrogens (tertiary/aromatic N) is 2. The molecule has 0 aliphatic rings. The van der Waals surface area contributed by atoms with Crippen molar-refractivity contribution < 1.29 is 0 Å². The van der Waals surface area contributed by atoms with Crippen LogP contribution in [0.5, 0.6) is 0 Å². The van der Waals surface area contributed by atoms with E-state index in [9.17, 15) is 0 Å². The van der Waals surface area contributed by atoms with Crippen molar-refractivity contribution in [1.29, 1.82) is 0 Å². The summed E-state index contributed by atoms with van der Waals surface area (Å²) in [6.07, 6.45) is 2.57. The normalized spacial score (nSPS) is 14.4. The van der Waals surface area contributed by atoms with Crippen LogP contribution in [0.2, 0.25) is 0 Å². The third kappa shape index (κ3) is 7.24. The molecule has 0 aromatic rings. The molecule has 0 amide bonds. The fourth-order valence-electron chi connectivity index (χ4n) is 1.55. The van der Waals surface area contributed by atoms with E-state index >= 15 is 0 Å². The fourth-order valence-corrected chi connectivity index (χ4v) is 1.55. The topological polar surface area (TPSA) is 6.48 Å². The van der Waals surface area contributed by atoms with Crippen molar-refractivity contribution in [3.05, 3.63) is 0 Å². The molecule has 0 rings (SSSR count). The lowest BCUT2D eigenvalue weighted by molar-refractivity contribution is 0.195. The van der Waals surface area contributed by atoms with Gasteiger partial charge in [0.1, 0.15) is 0 Å².